The molecule has 4 heteroatoms. The van der Waals surface area contributed by atoms with E-state index in [0.717, 1.165) is 12.8 Å². The van der Waals surface area contributed by atoms with E-state index in [1.165, 1.54) is 0 Å². The van der Waals surface area contributed by atoms with Crippen molar-refractivity contribution in [2.75, 3.05) is 12.5 Å². The summed E-state index contributed by atoms with van der Waals surface area (Å²) in [5.74, 6) is 0.499. The highest BCUT2D eigenvalue weighted by Crippen LogP contribution is 2.12. The maximum atomic E-state index is 8.49. The molecule has 0 aromatic rings. The van der Waals surface area contributed by atoms with Crippen LogP contribution in [0.15, 0.2) is 0 Å². The molecule has 0 aliphatic rings. The molecule has 0 heterocycles. The third-order valence-electron chi connectivity index (χ3n) is 1.28. The van der Waals surface area contributed by atoms with Crippen molar-refractivity contribution in [2.24, 2.45) is 5.73 Å². The van der Waals surface area contributed by atoms with Gasteiger partial charge in [-0.1, -0.05) is 22.6 Å². The van der Waals surface area contributed by atoms with Crippen LogP contribution in [0.25, 0.3) is 0 Å². The molecular formula is C6H14ClINO+. The van der Waals surface area contributed by atoms with E-state index in [9.17, 15) is 0 Å². The van der Waals surface area contributed by atoms with Crippen LogP contribution in [0.1, 0.15) is 14.3 Å². The Morgan fingerprint density at radius 3 is 2.70 bits per heavy atom. The van der Waals surface area contributed by atoms with Gasteiger partial charge < -0.3 is 10.8 Å². The fourth-order valence-corrected chi connectivity index (χ4v) is 1.81. The summed E-state index contributed by atoms with van der Waals surface area (Å²) in [4.78, 5) is 0. The van der Waals surface area contributed by atoms with Crippen LogP contribution in [0.4, 0.5) is 0 Å². The van der Waals surface area contributed by atoms with Gasteiger partial charge in [-0.3, -0.25) is 0 Å². The van der Waals surface area contributed by atoms with Gasteiger partial charge in [0.2, 0.25) is 0 Å². The van der Waals surface area contributed by atoms with Gasteiger partial charge in [0.15, 0.2) is 0 Å². The monoisotopic (exact) mass is 278 g/mol. The summed E-state index contributed by atoms with van der Waals surface area (Å²) in [6.45, 7) is 0.245. The Morgan fingerprint density at radius 2 is 2.30 bits per heavy atom. The highest BCUT2D eigenvalue weighted by Gasteiger charge is 2.11. The number of rotatable bonds is 5. The number of hydrogen-bond donors (Lipinski definition) is 2. The van der Waals surface area contributed by atoms with E-state index >= 15 is 0 Å². The van der Waals surface area contributed by atoms with Crippen molar-refractivity contribution >= 4 is 34.2 Å². The predicted octanol–water partition coefficient (Wildman–Crippen LogP) is 1.24. The molecule has 0 aromatic carbocycles. The molecule has 0 saturated carbocycles. The van der Waals surface area contributed by atoms with Crippen molar-refractivity contribution in [2.45, 2.75) is 22.8 Å². The van der Waals surface area contributed by atoms with Crippen molar-refractivity contribution in [3.63, 3.8) is 0 Å². The molecule has 0 radical (unpaired) electrons. The molecule has 62 valence electrons. The van der Waals surface area contributed by atoms with Crippen LogP contribution < -0.4 is 5.73 Å². The lowest BCUT2D eigenvalue weighted by Crippen LogP contribution is -2.32. The molecule has 2 nitrogen and oxygen atoms in total. The number of aliphatic hydroxyl groups is 1. The predicted molar refractivity (Wildman–Crippen MR) is 53.9 cm³/mol. The SMILES string of the molecule is NC(CCl)C(I)CCCO.[H+]. The second-order valence-electron chi connectivity index (χ2n) is 2.20. The minimum atomic E-state index is 0. The summed E-state index contributed by atoms with van der Waals surface area (Å²) >= 11 is 7.80. The van der Waals surface area contributed by atoms with Crippen molar-refractivity contribution in [1.29, 1.82) is 0 Å². The average Bonchev–Trinajstić information content (AvgIpc) is 1.98. The quantitative estimate of drug-likeness (QED) is 0.587. The van der Waals surface area contributed by atoms with E-state index in [1.54, 1.807) is 0 Å². The molecule has 3 N–H and O–H groups in total. The van der Waals surface area contributed by atoms with Crippen LogP contribution in [-0.4, -0.2) is 27.6 Å². The van der Waals surface area contributed by atoms with Crippen LogP contribution in [0.3, 0.4) is 0 Å². The van der Waals surface area contributed by atoms with E-state index < -0.39 is 0 Å². The first kappa shape index (κ1) is 10.9. The molecule has 0 fully saturated rings. The second-order valence-corrected chi connectivity index (χ2v) is 4.11. The second kappa shape index (κ2) is 6.64. The van der Waals surface area contributed by atoms with Gasteiger partial charge in [-0.2, -0.15) is 0 Å². The Labute approximate surface area is 81.7 Å². The topological polar surface area (TPSA) is 46.2 Å². The Kier molecular flexibility index (Phi) is 7.26. The molecule has 0 aromatic heterocycles. The zero-order chi connectivity index (χ0) is 7.98. The van der Waals surface area contributed by atoms with Crippen LogP contribution >= 0.6 is 34.2 Å². The fraction of sp³-hybridized carbons (Fsp3) is 1.00. The van der Waals surface area contributed by atoms with E-state index in [2.05, 4.69) is 22.6 Å². The molecule has 10 heavy (non-hydrogen) atoms. The van der Waals surface area contributed by atoms with Crippen molar-refractivity contribution in [3.05, 3.63) is 0 Å². The van der Waals surface area contributed by atoms with Gasteiger partial charge in [-0.05, 0) is 12.8 Å². The normalized spacial score (nSPS) is 16.8. The van der Waals surface area contributed by atoms with Crippen LogP contribution in [0.2, 0.25) is 0 Å². The lowest BCUT2D eigenvalue weighted by Gasteiger charge is -2.14. The van der Waals surface area contributed by atoms with Crippen molar-refractivity contribution in [3.8, 4) is 0 Å². The minimum Gasteiger partial charge on any atom is -0.396 e. The summed E-state index contributed by atoms with van der Waals surface area (Å²) in [5.41, 5.74) is 5.64. The molecule has 0 amide bonds. The lowest BCUT2D eigenvalue weighted by molar-refractivity contribution is 0.283. The molecule has 0 saturated heterocycles. The van der Waals surface area contributed by atoms with Gasteiger partial charge >= 0.3 is 1.43 Å². The first-order chi connectivity index (χ1) is 4.72. The van der Waals surface area contributed by atoms with E-state index in [0.29, 0.717) is 9.80 Å². The van der Waals surface area contributed by atoms with Gasteiger partial charge in [0, 0.05) is 22.5 Å². The number of halogens is 2. The Balaban J connectivity index is 0. The highest BCUT2D eigenvalue weighted by molar-refractivity contribution is 14.1. The number of alkyl halides is 2. The maximum absolute atomic E-state index is 8.49. The van der Waals surface area contributed by atoms with E-state index in [-0.39, 0.29) is 14.1 Å². The summed E-state index contributed by atoms with van der Waals surface area (Å²) in [6, 6.07) is 0.0637. The van der Waals surface area contributed by atoms with Crippen LogP contribution in [0, 0.1) is 0 Å². The van der Waals surface area contributed by atoms with Gasteiger partial charge in [0.25, 0.3) is 0 Å². The first-order valence-corrected chi connectivity index (χ1v) is 5.07. The number of aliphatic hydroxyl groups excluding tert-OH is 1. The van der Waals surface area contributed by atoms with Gasteiger partial charge in [0.1, 0.15) is 0 Å². The standard InChI is InChI=1S/C6H13ClINO/c7-4-6(9)5(8)2-1-3-10/h5-6,10H,1-4,9H2/p+1. The smallest absolute Gasteiger partial charge is 0.396 e. The highest BCUT2D eigenvalue weighted by atomic mass is 127. The van der Waals surface area contributed by atoms with Gasteiger partial charge in [0.05, 0.1) is 0 Å². The fourth-order valence-electron chi connectivity index (χ4n) is 0.597. The van der Waals surface area contributed by atoms with Crippen LogP contribution in [-0.2, 0) is 0 Å². The minimum absolute atomic E-state index is 0. The van der Waals surface area contributed by atoms with Gasteiger partial charge in [-0.15, -0.1) is 11.6 Å². The number of hydrogen-bond acceptors (Lipinski definition) is 2. The Morgan fingerprint density at radius 1 is 1.70 bits per heavy atom. The summed E-state index contributed by atoms with van der Waals surface area (Å²) in [6.07, 6.45) is 1.77. The van der Waals surface area contributed by atoms with Crippen molar-refractivity contribution < 1.29 is 6.53 Å². The first-order valence-electron chi connectivity index (χ1n) is 3.28. The zero-order valence-corrected chi connectivity index (χ0v) is 8.68. The average molecular weight is 279 g/mol. The lowest BCUT2D eigenvalue weighted by atomic mass is 10.1. The molecule has 0 bridgehead atoms. The van der Waals surface area contributed by atoms with E-state index in [1.807, 2.05) is 0 Å². The molecule has 0 rings (SSSR count). The molecule has 0 aliphatic heterocycles. The Bertz CT molecular complexity index is 89.0. The molecular weight excluding hydrogens is 264 g/mol. The van der Waals surface area contributed by atoms with E-state index in [4.69, 9.17) is 22.4 Å². The third kappa shape index (κ3) is 4.71. The number of nitrogens with two attached hydrogens (primary N) is 1. The molecule has 0 spiro atoms. The largest absolute Gasteiger partial charge is 1.00 e. The third-order valence-corrected chi connectivity index (χ3v) is 3.18. The summed E-state index contributed by atoms with van der Waals surface area (Å²) in [5, 5.41) is 8.49. The van der Waals surface area contributed by atoms with Crippen molar-refractivity contribution in [1.82, 2.24) is 0 Å². The Hall–Kier alpha value is 0.940. The summed E-state index contributed by atoms with van der Waals surface area (Å²) < 4.78 is 0.391. The van der Waals surface area contributed by atoms with Gasteiger partial charge in [-0.25, -0.2) is 0 Å². The zero-order valence-electron chi connectivity index (χ0n) is 6.76. The maximum Gasteiger partial charge on any atom is 1.00 e. The van der Waals surface area contributed by atoms with Crippen LogP contribution in [0.5, 0.6) is 0 Å². The molecule has 2 atom stereocenters. The molecule has 2 unspecified atom stereocenters. The molecule has 0 aliphatic carbocycles. The summed E-state index contributed by atoms with van der Waals surface area (Å²) in [7, 11) is 0.